The molecule has 1 unspecified atom stereocenters. The summed E-state index contributed by atoms with van der Waals surface area (Å²) in [6, 6.07) is 5.20. The number of benzene rings is 1. The maximum Gasteiger partial charge on any atom is 0.219 e. The first kappa shape index (κ1) is 17.8. The third-order valence-electron chi connectivity index (χ3n) is 3.67. The molecule has 0 aliphatic rings. The number of aldehydes is 1. The van der Waals surface area contributed by atoms with Gasteiger partial charge in [-0.3, -0.25) is 9.59 Å². The number of rotatable bonds is 9. The van der Waals surface area contributed by atoms with Gasteiger partial charge in [0.25, 0.3) is 0 Å². The van der Waals surface area contributed by atoms with Crippen molar-refractivity contribution in [2.75, 3.05) is 7.05 Å². The van der Waals surface area contributed by atoms with Gasteiger partial charge in [-0.2, -0.15) is 0 Å². The van der Waals surface area contributed by atoms with Gasteiger partial charge in [-0.05, 0) is 30.0 Å². The molecule has 120 valence electrons. The maximum atomic E-state index is 11.3. The monoisotopic (exact) mass is 305 g/mol. The van der Waals surface area contributed by atoms with Crippen LogP contribution >= 0.6 is 0 Å². The third kappa shape index (κ3) is 4.96. The minimum absolute atomic E-state index is 0.154. The molecule has 1 aromatic carbocycles. The molecule has 0 fully saturated rings. The molecule has 22 heavy (non-hydrogen) atoms. The van der Waals surface area contributed by atoms with Crippen molar-refractivity contribution in [3.05, 3.63) is 34.9 Å². The van der Waals surface area contributed by atoms with Gasteiger partial charge in [-0.25, -0.2) is 0 Å². The van der Waals surface area contributed by atoms with Crippen LogP contribution in [0.4, 0.5) is 0 Å². The van der Waals surface area contributed by atoms with Crippen molar-refractivity contribution < 1.29 is 14.4 Å². The number of carbonyl (C=O) groups is 3. The summed E-state index contributed by atoms with van der Waals surface area (Å²) >= 11 is 0. The van der Waals surface area contributed by atoms with Crippen molar-refractivity contribution in [1.29, 1.82) is 0 Å². The number of amides is 2. The van der Waals surface area contributed by atoms with E-state index in [1.165, 1.54) is 11.9 Å². The average Bonchev–Trinajstić information content (AvgIpc) is 2.55. The van der Waals surface area contributed by atoms with Gasteiger partial charge in [0.15, 0.2) is 0 Å². The summed E-state index contributed by atoms with van der Waals surface area (Å²) in [5, 5.41) is 2.50. The molecule has 0 saturated carbocycles. The fraction of sp³-hybridized carbons (Fsp3) is 0.438. The SMILES string of the molecule is CNC(=O)CCC(C=O)N(C=O)Cc1cc(CN)ccc1C. The first-order chi connectivity index (χ1) is 10.5. The first-order valence-electron chi connectivity index (χ1n) is 7.21. The number of aryl methyl sites for hydroxylation is 1. The van der Waals surface area contributed by atoms with E-state index in [9.17, 15) is 14.4 Å². The van der Waals surface area contributed by atoms with Gasteiger partial charge in [0.05, 0.1) is 6.04 Å². The van der Waals surface area contributed by atoms with Gasteiger partial charge in [-0.15, -0.1) is 0 Å². The van der Waals surface area contributed by atoms with E-state index >= 15 is 0 Å². The highest BCUT2D eigenvalue weighted by molar-refractivity contribution is 5.76. The fourth-order valence-electron chi connectivity index (χ4n) is 2.17. The molecule has 0 aliphatic heterocycles. The molecule has 0 aliphatic carbocycles. The van der Waals surface area contributed by atoms with Crippen molar-refractivity contribution in [1.82, 2.24) is 10.2 Å². The molecular formula is C16H23N3O3. The number of nitrogens with one attached hydrogen (secondary N) is 1. The Morgan fingerprint density at radius 3 is 2.68 bits per heavy atom. The molecule has 0 aromatic heterocycles. The fourth-order valence-corrected chi connectivity index (χ4v) is 2.17. The van der Waals surface area contributed by atoms with Crippen LogP contribution in [0.2, 0.25) is 0 Å². The van der Waals surface area contributed by atoms with Crippen molar-refractivity contribution >= 4 is 18.6 Å². The summed E-state index contributed by atoms with van der Waals surface area (Å²) in [5.74, 6) is -0.154. The zero-order valence-corrected chi connectivity index (χ0v) is 13.0. The van der Waals surface area contributed by atoms with E-state index in [0.717, 1.165) is 16.7 Å². The Labute approximate surface area is 130 Å². The summed E-state index contributed by atoms with van der Waals surface area (Å²) in [5.41, 5.74) is 8.58. The number of carbonyl (C=O) groups excluding carboxylic acids is 3. The van der Waals surface area contributed by atoms with E-state index in [4.69, 9.17) is 5.73 Å². The maximum absolute atomic E-state index is 11.3. The normalized spacial score (nSPS) is 11.6. The van der Waals surface area contributed by atoms with E-state index in [1.807, 2.05) is 25.1 Å². The molecule has 1 atom stereocenters. The second-order valence-corrected chi connectivity index (χ2v) is 5.16. The lowest BCUT2D eigenvalue weighted by molar-refractivity contribution is -0.127. The van der Waals surface area contributed by atoms with Gasteiger partial charge >= 0.3 is 0 Å². The number of nitrogens with two attached hydrogens (primary N) is 1. The van der Waals surface area contributed by atoms with Crippen LogP contribution in [0, 0.1) is 6.92 Å². The van der Waals surface area contributed by atoms with Gasteiger partial charge < -0.3 is 20.7 Å². The molecule has 6 heteroatoms. The van der Waals surface area contributed by atoms with Gasteiger partial charge in [-0.1, -0.05) is 18.2 Å². The molecule has 2 amide bonds. The van der Waals surface area contributed by atoms with Crippen LogP contribution in [-0.2, 0) is 27.5 Å². The molecule has 0 spiro atoms. The summed E-state index contributed by atoms with van der Waals surface area (Å²) < 4.78 is 0. The third-order valence-corrected chi connectivity index (χ3v) is 3.67. The Kier molecular flexibility index (Phi) is 7.25. The van der Waals surface area contributed by atoms with E-state index in [1.54, 1.807) is 0 Å². The van der Waals surface area contributed by atoms with Crippen LogP contribution in [0.25, 0.3) is 0 Å². The lowest BCUT2D eigenvalue weighted by Crippen LogP contribution is -2.36. The standard InChI is InChI=1S/C16H23N3O3/c1-12-3-4-13(8-17)7-14(12)9-19(11-21)15(10-20)5-6-16(22)18-2/h3-4,7,10-11,15H,5-6,8-9,17H2,1-2H3,(H,18,22). The highest BCUT2D eigenvalue weighted by Gasteiger charge is 2.18. The molecule has 1 aromatic rings. The largest absolute Gasteiger partial charge is 0.359 e. The van der Waals surface area contributed by atoms with E-state index in [-0.39, 0.29) is 12.3 Å². The number of nitrogens with zero attached hydrogens (tertiary/aromatic N) is 1. The highest BCUT2D eigenvalue weighted by Crippen LogP contribution is 2.15. The minimum Gasteiger partial charge on any atom is -0.359 e. The topological polar surface area (TPSA) is 92.5 Å². The smallest absolute Gasteiger partial charge is 0.219 e. The van der Waals surface area contributed by atoms with Gasteiger partial charge in [0, 0.05) is 26.6 Å². The second kappa shape index (κ2) is 8.94. The van der Waals surface area contributed by atoms with Crippen LogP contribution in [0.3, 0.4) is 0 Å². The Morgan fingerprint density at radius 1 is 1.41 bits per heavy atom. The van der Waals surface area contributed by atoms with Crippen LogP contribution in [-0.4, -0.2) is 36.6 Å². The first-order valence-corrected chi connectivity index (χ1v) is 7.21. The summed E-state index contributed by atoms with van der Waals surface area (Å²) in [6.07, 6.45) is 1.86. The zero-order valence-electron chi connectivity index (χ0n) is 13.0. The Bertz CT molecular complexity index is 531. The molecule has 1 rings (SSSR count). The number of hydrogen-bond acceptors (Lipinski definition) is 4. The Hall–Kier alpha value is -2.21. The van der Waals surface area contributed by atoms with Crippen molar-refractivity contribution in [3.8, 4) is 0 Å². The predicted octanol–water partition coefficient (Wildman–Crippen LogP) is 0.506. The zero-order chi connectivity index (χ0) is 16.5. The predicted molar refractivity (Wildman–Crippen MR) is 83.8 cm³/mol. The molecular weight excluding hydrogens is 282 g/mol. The quantitative estimate of drug-likeness (QED) is 0.650. The summed E-state index contributed by atoms with van der Waals surface area (Å²) in [7, 11) is 1.54. The van der Waals surface area contributed by atoms with Crippen molar-refractivity contribution in [3.63, 3.8) is 0 Å². The van der Waals surface area contributed by atoms with E-state index in [2.05, 4.69) is 5.32 Å². The van der Waals surface area contributed by atoms with E-state index in [0.29, 0.717) is 32.2 Å². The summed E-state index contributed by atoms with van der Waals surface area (Å²) in [6.45, 7) is 2.68. The second-order valence-electron chi connectivity index (χ2n) is 5.16. The Morgan fingerprint density at radius 2 is 2.14 bits per heavy atom. The van der Waals surface area contributed by atoms with Crippen LogP contribution < -0.4 is 11.1 Å². The Balaban J connectivity index is 2.83. The molecule has 0 bridgehead atoms. The average molecular weight is 305 g/mol. The van der Waals surface area contributed by atoms with Crippen molar-refractivity contribution in [2.45, 2.75) is 38.9 Å². The molecule has 0 saturated heterocycles. The lowest BCUT2D eigenvalue weighted by atomic mass is 10.0. The molecule has 0 heterocycles. The summed E-state index contributed by atoms with van der Waals surface area (Å²) in [4.78, 5) is 35.3. The van der Waals surface area contributed by atoms with Crippen LogP contribution in [0.1, 0.15) is 29.5 Å². The van der Waals surface area contributed by atoms with Gasteiger partial charge in [0.1, 0.15) is 6.29 Å². The van der Waals surface area contributed by atoms with Gasteiger partial charge in [0.2, 0.25) is 12.3 Å². The van der Waals surface area contributed by atoms with E-state index < -0.39 is 6.04 Å². The van der Waals surface area contributed by atoms with Crippen LogP contribution in [0.5, 0.6) is 0 Å². The minimum atomic E-state index is -0.615. The molecule has 3 N–H and O–H groups in total. The molecule has 0 radical (unpaired) electrons. The number of hydrogen-bond donors (Lipinski definition) is 2. The van der Waals surface area contributed by atoms with Crippen molar-refractivity contribution in [2.24, 2.45) is 5.73 Å². The molecule has 6 nitrogen and oxygen atoms in total. The lowest BCUT2D eigenvalue weighted by Gasteiger charge is -2.25. The van der Waals surface area contributed by atoms with Crippen LogP contribution in [0.15, 0.2) is 18.2 Å². The highest BCUT2D eigenvalue weighted by atomic mass is 16.2.